The molecule has 116 valence electrons. The molecule has 0 aromatic carbocycles. The largest absolute Gasteiger partial charge is 0.598 e. The number of hydrogen-bond donors (Lipinski definition) is 1. The van der Waals surface area contributed by atoms with Crippen LogP contribution in [0.25, 0.3) is 5.65 Å². The zero-order valence-corrected chi connectivity index (χ0v) is 15.7. The fraction of sp³-hybridized carbons (Fsp3) is 0.533. The van der Waals surface area contributed by atoms with Gasteiger partial charge in [-0.25, -0.2) is 4.98 Å². The van der Waals surface area contributed by atoms with Crippen molar-refractivity contribution in [1.82, 2.24) is 14.1 Å². The third-order valence-electron chi connectivity index (χ3n) is 3.19. The fourth-order valence-electron chi connectivity index (χ4n) is 1.93. The van der Waals surface area contributed by atoms with Crippen LogP contribution in [0.15, 0.2) is 22.9 Å². The highest BCUT2D eigenvalue weighted by atomic mass is 79.9. The highest BCUT2D eigenvalue weighted by molar-refractivity contribution is 9.10. The molecule has 0 fully saturated rings. The zero-order valence-electron chi connectivity index (χ0n) is 13.3. The molecule has 0 aliphatic heterocycles. The first-order valence-electron chi connectivity index (χ1n) is 6.86. The second kappa shape index (κ2) is 5.57. The zero-order chi connectivity index (χ0) is 16.0. The normalized spacial score (nSPS) is 14.7. The maximum Gasteiger partial charge on any atom is 0.151 e. The SMILES string of the molecule is Cc1cc(Br)c2nc(C(C)(C)N[S+]([O-])C(C)(C)C)cn2c1. The van der Waals surface area contributed by atoms with Crippen LogP contribution in [0.1, 0.15) is 45.9 Å². The molecule has 6 heteroatoms. The van der Waals surface area contributed by atoms with Crippen molar-refractivity contribution in [3.63, 3.8) is 0 Å². The van der Waals surface area contributed by atoms with E-state index in [1.807, 2.05) is 64.4 Å². The second-order valence-electron chi connectivity index (χ2n) is 6.83. The summed E-state index contributed by atoms with van der Waals surface area (Å²) in [6.45, 7) is 11.9. The Kier molecular flexibility index (Phi) is 4.46. The van der Waals surface area contributed by atoms with E-state index in [1.165, 1.54) is 0 Å². The molecule has 2 heterocycles. The van der Waals surface area contributed by atoms with Gasteiger partial charge >= 0.3 is 0 Å². The fourth-order valence-corrected chi connectivity index (χ4v) is 3.46. The highest BCUT2D eigenvalue weighted by Crippen LogP contribution is 2.27. The van der Waals surface area contributed by atoms with Gasteiger partial charge in [0.2, 0.25) is 0 Å². The van der Waals surface area contributed by atoms with E-state index in [0.29, 0.717) is 0 Å². The summed E-state index contributed by atoms with van der Waals surface area (Å²) in [7, 11) is 0. The number of aromatic nitrogens is 2. The summed E-state index contributed by atoms with van der Waals surface area (Å²) >= 11 is 2.40. The smallest absolute Gasteiger partial charge is 0.151 e. The van der Waals surface area contributed by atoms with Crippen LogP contribution in [-0.4, -0.2) is 18.7 Å². The van der Waals surface area contributed by atoms with Crippen molar-refractivity contribution in [2.24, 2.45) is 0 Å². The lowest BCUT2D eigenvalue weighted by molar-refractivity contribution is 0.448. The molecule has 4 nitrogen and oxygen atoms in total. The molecule has 1 unspecified atom stereocenters. The van der Waals surface area contributed by atoms with Gasteiger partial charge in [-0.05, 0) is 69.1 Å². The van der Waals surface area contributed by atoms with Crippen LogP contribution in [0.5, 0.6) is 0 Å². The van der Waals surface area contributed by atoms with E-state index in [-0.39, 0.29) is 4.75 Å². The summed E-state index contributed by atoms with van der Waals surface area (Å²) < 4.78 is 18.2. The van der Waals surface area contributed by atoms with Crippen LogP contribution in [0.3, 0.4) is 0 Å². The van der Waals surface area contributed by atoms with Crippen molar-refractivity contribution in [3.8, 4) is 0 Å². The van der Waals surface area contributed by atoms with Gasteiger partial charge < -0.3 is 8.95 Å². The molecule has 21 heavy (non-hydrogen) atoms. The van der Waals surface area contributed by atoms with Crippen molar-refractivity contribution in [3.05, 3.63) is 34.2 Å². The summed E-state index contributed by atoms with van der Waals surface area (Å²) in [6.07, 6.45) is 4.02. The molecule has 0 spiro atoms. The minimum atomic E-state index is -1.15. The van der Waals surface area contributed by atoms with Gasteiger partial charge in [-0.3, -0.25) is 0 Å². The van der Waals surface area contributed by atoms with Gasteiger partial charge in [-0.15, -0.1) is 4.72 Å². The second-order valence-corrected chi connectivity index (χ2v) is 9.65. The highest BCUT2D eigenvalue weighted by Gasteiger charge is 2.35. The number of hydrogen-bond acceptors (Lipinski definition) is 3. The molecular formula is C15H22BrN3OS. The number of halogens is 1. The Bertz CT molecular complexity index is 661. The average Bonchev–Trinajstić information content (AvgIpc) is 2.71. The Morgan fingerprint density at radius 2 is 1.86 bits per heavy atom. The Hall–Kier alpha value is -0.560. The number of rotatable bonds is 3. The monoisotopic (exact) mass is 371 g/mol. The molecule has 2 aromatic heterocycles. The van der Waals surface area contributed by atoms with Crippen LogP contribution in [0.2, 0.25) is 0 Å². The van der Waals surface area contributed by atoms with Crippen molar-refractivity contribution < 1.29 is 4.55 Å². The molecule has 2 aromatic rings. The van der Waals surface area contributed by atoms with E-state index in [0.717, 1.165) is 21.4 Å². The van der Waals surface area contributed by atoms with E-state index < -0.39 is 16.9 Å². The Morgan fingerprint density at radius 1 is 1.24 bits per heavy atom. The lowest BCUT2D eigenvalue weighted by atomic mass is 10.0. The van der Waals surface area contributed by atoms with Gasteiger partial charge in [-0.2, -0.15) is 0 Å². The molecule has 1 atom stereocenters. The van der Waals surface area contributed by atoms with E-state index in [4.69, 9.17) is 0 Å². The molecule has 0 amide bonds. The molecular weight excluding hydrogens is 350 g/mol. The molecule has 0 saturated heterocycles. The average molecular weight is 372 g/mol. The first-order chi connectivity index (χ1) is 9.50. The molecule has 0 aliphatic carbocycles. The Balaban J connectivity index is 2.38. The predicted octanol–water partition coefficient (Wildman–Crippen LogP) is 3.69. The van der Waals surface area contributed by atoms with Crippen LogP contribution >= 0.6 is 15.9 Å². The van der Waals surface area contributed by atoms with Gasteiger partial charge in [-0.1, -0.05) is 0 Å². The standard InChI is InChI=1S/C15H22BrN3OS/c1-10-7-11(16)13-17-12(9-19(13)8-10)15(5,6)18-21(20)14(2,3)4/h7-9,18H,1-6H3. The summed E-state index contributed by atoms with van der Waals surface area (Å²) in [6, 6.07) is 2.04. The van der Waals surface area contributed by atoms with Crippen LogP contribution in [0, 0.1) is 6.92 Å². The van der Waals surface area contributed by atoms with Gasteiger partial charge in [0, 0.05) is 23.8 Å². The van der Waals surface area contributed by atoms with Crippen molar-refractivity contribution in [2.45, 2.75) is 51.8 Å². The summed E-state index contributed by atoms with van der Waals surface area (Å²) in [5, 5.41) is 0. The van der Waals surface area contributed by atoms with Crippen molar-refractivity contribution in [1.29, 1.82) is 0 Å². The van der Waals surface area contributed by atoms with Crippen LogP contribution in [-0.2, 0) is 16.9 Å². The van der Waals surface area contributed by atoms with E-state index in [2.05, 4.69) is 25.6 Å². The first kappa shape index (κ1) is 16.8. The third kappa shape index (κ3) is 3.62. The van der Waals surface area contributed by atoms with Crippen LogP contribution < -0.4 is 4.72 Å². The summed E-state index contributed by atoms with van der Waals surface area (Å²) in [5.74, 6) is 0. The Morgan fingerprint density at radius 3 is 2.43 bits per heavy atom. The topological polar surface area (TPSA) is 52.4 Å². The third-order valence-corrected chi connectivity index (χ3v) is 5.58. The van der Waals surface area contributed by atoms with Gasteiger partial charge in [0.1, 0.15) is 10.3 Å². The quantitative estimate of drug-likeness (QED) is 0.836. The summed E-state index contributed by atoms with van der Waals surface area (Å²) in [4.78, 5) is 4.68. The lowest BCUT2D eigenvalue weighted by Crippen LogP contribution is -2.48. The first-order valence-corrected chi connectivity index (χ1v) is 8.80. The van der Waals surface area contributed by atoms with Gasteiger partial charge in [0.15, 0.2) is 5.65 Å². The molecule has 0 bridgehead atoms. The number of nitrogens with zero attached hydrogens (tertiary/aromatic N) is 2. The maximum absolute atomic E-state index is 12.3. The van der Waals surface area contributed by atoms with Crippen LogP contribution in [0.4, 0.5) is 0 Å². The predicted molar refractivity (Wildman–Crippen MR) is 91.7 cm³/mol. The van der Waals surface area contributed by atoms with E-state index in [9.17, 15) is 4.55 Å². The van der Waals surface area contributed by atoms with Gasteiger partial charge in [0.05, 0.1) is 10.2 Å². The minimum absolute atomic E-state index is 0.312. The van der Waals surface area contributed by atoms with Gasteiger partial charge in [0.25, 0.3) is 0 Å². The number of imidazole rings is 1. The van der Waals surface area contributed by atoms with Crippen molar-refractivity contribution >= 4 is 32.9 Å². The van der Waals surface area contributed by atoms with E-state index in [1.54, 1.807) is 0 Å². The molecule has 0 saturated carbocycles. The number of nitrogens with one attached hydrogen (secondary N) is 1. The Labute approximate surface area is 137 Å². The number of aryl methyl sites for hydroxylation is 1. The number of fused-ring (bicyclic) bond motifs is 1. The van der Waals surface area contributed by atoms with Crippen molar-refractivity contribution in [2.75, 3.05) is 0 Å². The van der Waals surface area contributed by atoms with E-state index >= 15 is 0 Å². The molecule has 1 N–H and O–H groups in total. The molecule has 2 rings (SSSR count). The minimum Gasteiger partial charge on any atom is -0.598 e. The molecule has 0 aliphatic rings. The summed E-state index contributed by atoms with van der Waals surface area (Å²) in [5.41, 5.74) is 2.41. The molecule has 0 radical (unpaired) electrons. The number of pyridine rings is 1. The lowest BCUT2D eigenvalue weighted by Gasteiger charge is -2.31. The maximum atomic E-state index is 12.3.